The van der Waals surface area contributed by atoms with Gasteiger partial charge in [-0.15, -0.1) is 0 Å². The van der Waals surface area contributed by atoms with Crippen LogP contribution in [0, 0.1) is 11.3 Å². The molecule has 1 aromatic carbocycles. The lowest BCUT2D eigenvalue weighted by atomic mass is 10.1. The highest BCUT2D eigenvalue weighted by atomic mass is 32.2. The predicted octanol–water partition coefficient (Wildman–Crippen LogP) is 3.24. The number of halogens is 3. The second-order valence-corrected chi connectivity index (χ2v) is 5.00. The van der Waals surface area contributed by atoms with Crippen LogP contribution < -0.4 is 0 Å². The van der Waals surface area contributed by atoms with Gasteiger partial charge < -0.3 is 4.90 Å². The maximum absolute atomic E-state index is 11.9. The molecule has 18 heavy (non-hydrogen) atoms. The Labute approximate surface area is 108 Å². The Morgan fingerprint density at radius 1 is 1.39 bits per heavy atom. The molecule has 6 heteroatoms. The van der Waals surface area contributed by atoms with Gasteiger partial charge >= 0.3 is 5.51 Å². The molecule has 0 aliphatic rings. The Hall–Kier alpha value is -1.19. The average molecular weight is 274 g/mol. The van der Waals surface area contributed by atoms with Gasteiger partial charge in [0.25, 0.3) is 0 Å². The van der Waals surface area contributed by atoms with E-state index in [1.807, 2.05) is 12.1 Å². The lowest BCUT2D eigenvalue weighted by Crippen LogP contribution is -2.22. The van der Waals surface area contributed by atoms with Crippen molar-refractivity contribution in [1.29, 1.82) is 5.26 Å². The van der Waals surface area contributed by atoms with Gasteiger partial charge in [0.15, 0.2) is 0 Å². The van der Waals surface area contributed by atoms with E-state index in [9.17, 15) is 13.2 Å². The largest absolute Gasteiger partial charge is 0.441 e. The number of nitrogens with zero attached hydrogens (tertiary/aromatic N) is 2. The zero-order valence-corrected chi connectivity index (χ0v) is 10.7. The molecule has 2 nitrogen and oxygen atoms in total. The molecule has 0 aliphatic heterocycles. The fraction of sp³-hybridized carbons (Fsp3) is 0.417. The molecule has 1 rings (SSSR count). The summed E-state index contributed by atoms with van der Waals surface area (Å²) in [5.74, 6) is 0.0118. The Morgan fingerprint density at radius 3 is 2.72 bits per heavy atom. The summed E-state index contributed by atoms with van der Waals surface area (Å²) in [6, 6.07) is 9.10. The summed E-state index contributed by atoms with van der Waals surface area (Å²) in [6.45, 7) is 0.884. The summed E-state index contributed by atoms with van der Waals surface area (Å²) in [4.78, 5) is 1.80. The van der Waals surface area contributed by atoms with Crippen molar-refractivity contribution in [3.8, 4) is 6.07 Å². The molecule has 98 valence electrons. The molecule has 0 radical (unpaired) electrons. The van der Waals surface area contributed by atoms with Crippen molar-refractivity contribution in [2.75, 3.05) is 19.3 Å². The van der Waals surface area contributed by atoms with Crippen molar-refractivity contribution in [2.24, 2.45) is 0 Å². The molecule has 0 atom stereocenters. The topological polar surface area (TPSA) is 27.0 Å². The summed E-state index contributed by atoms with van der Waals surface area (Å²) >= 11 is -0.0139. The zero-order chi connectivity index (χ0) is 13.6. The van der Waals surface area contributed by atoms with Gasteiger partial charge in [-0.1, -0.05) is 12.1 Å². The molecule has 0 bridgehead atoms. The summed E-state index contributed by atoms with van der Waals surface area (Å²) < 4.78 is 35.8. The van der Waals surface area contributed by atoms with Gasteiger partial charge in [0.2, 0.25) is 0 Å². The molecule has 0 saturated heterocycles. The van der Waals surface area contributed by atoms with Crippen molar-refractivity contribution >= 4 is 11.8 Å². The first-order chi connectivity index (χ1) is 8.40. The first-order valence-corrected chi connectivity index (χ1v) is 6.27. The van der Waals surface area contributed by atoms with Gasteiger partial charge in [-0.25, -0.2) is 0 Å². The van der Waals surface area contributed by atoms with Crippen LogP contribution in [-0.4, -0.2) is 29.8 Å². The maximum Gasteiger partial charge on any atom is 0.441 e. The maximum atomic E-state index is 11.9. The Morgan fingerprint density at radius 2 is 2.11 bits per heavy atom. The number of hydrogen-bond acceptors (Lipinski definition) is 3. The van der Waals surface area contributed by atoms with Crippen LogP contribution in [0.25, 0.3) is 0 Å². The minimum atomic E-state index is -4.17. The van der Waals surface area contributed by atoms with E-state index in [0.717, 1.165) is 5.56 Å². The van der Waals surface area contributed by atoms with Crippen molar-refractivity contribution in [3.63, 3.8) is 0 Å². The second-order valence-electron chi connectivity index (χ2n) is 3.84. The standard InChI is InChI=1S/C12H13F3N2S/c1-17(5-6-18-12(13,14)15)9-11-4-2-3-10(7-11)8-16/h2-4,7H,5-6,9H2,1H3. The van der Waals surface area contributed by atoms with E-state index in [4.69, 9.17) is 5.26 Å². The minimum Gasteiger partial charge on any atom is -0.301 e. The number of thioether (sulfide) groups is 1. The highest BCUT2D eigenvalue weighted by Gasteiger charge is 2.27. The van der Waals surface area contributed by atoms with Gasteiger partial charge in [0.1, 0.15) is 0 Å². The molecular weight excluding hydrogens is 261 g/mol. The van der Waals surface area contributed by atoms with Crippen LogP contribution in [0.4, 0.5) is 13.2 Å². The molecule has 0 aromatic heterocycles. The predicted molar refractivity (Wildman–Crippen MR) is 66.0 cm³/mol. The lowest BCUT2D eigenvalue weighted by molar-refractivity contribution is -0.0328. The third-order valence-electron chi connectivity index (χ3n) is 2.25. The van der Waals surface area contributed by atoms with Crippen molar-refractivity contribution < 1.29 is 13.2 Å². The first kappa shape index (κ1) is 14.9. The number of benzene rings is 1. The number of nitriles is 1. The minimum absolute atomic E-state index is 0.0118. The number of hydrogen-bond donors (Lipinski definition) is 0. The summed E-state index contributed by atoms with van der Waals surface area (Å²) in [7, 11) is 1.76. The van der Waals surface area contributed by atoms with Gasteiger partial charge in [0.05, 0.1) is 11.6 Å². The molecule has 0 spiro atoms. The Kier molecular flexibility index (Phi) is 5.51. The highest BCUT2D eigenvalue weighted by Crippen LogP contribution is 2.29. The van der Waals surface area contributed by atoms with E-state index in [0.29, 0.717) is 18.7 Å². The summed E-state index contributed by atoms with van der Waals surface area (Å²) in [6.07, 6.45) is 0. The number of alkyl halides is 3. The van der Waals surface area contributed by atoms with Gasteiger partial charge in [0, 0.05) is 18.8 Å². The Balaban J connectivity index is 2.40. The molecule has 1 aromatic rings. The van der Waals surface area contributed by atoms with Crippen molar-refractivity contribution in [2.45, 2.75) is 12.1 Å². The van der Waals surface area contributed by atoms with E-state index in [1.165, 1.54) is 0 Å². The normalized spacial score (nSPS) is 11.6. The smallest absolute Gasteiger partial charge is 0.301 e. The van der Waals surface area contributed by atoms with Crippen LogP contribution in [0.15, 0.2) is 24.3 Å². The van der Waals surface area contributed by atoms with Gasteiger partial charge in [-0.2, -0.15) is 18.4 Å². The van der Waals surface area contributed by atoms with Crippen LogP contribution >= 0.6 is 11.8 Å². The van der Waals surface area contributed by atoms with Gasteiger partial charge in [-0.3, -0.25) is 0 Å². The van der Waals surface area contributed by atoms with E-state index in [2.05, 4.69) is 0 Å². The lowest BCUT2D eigenvalue weighted by Gasteiger charge is -2.16. The fourth-order valence-corrected chi connectivity index (χ4v) is 2.08. The third-order valence-corrected chi connectivity index (χ3v) is 2.96. The molecule has 0 saturated carbocycles. The van der Waals surface area contributed by atoms with E-state index in [1.54, 1.807) is 30.1 Å². The van der Waals surface area contributed by atoms with Crippen molar-refractivity contribution in [3.05, 3.63) is 35.4 Å². The second kappa shape index (κ2) is 6.66. The van der Waals surface area contributed by atoms with Gasteiger partial charge in [-0.05, 0) is 36.5 Å². The van der Waals surface area contributed by atoms with E-state index < -0.39 is 5.51 Å². The summed E-state index contributed by atoms with van der Waals surface area (Å²) in [5, 5.41) is 8.74. The third kappa shape index (κ3) is 5.94. The van der Waals surface area contributed by atoms with Crippen LogP contribution in [0.5, 0.6) is 0 Å². The van der Waals surface area contributed by atoms with Crippen LogP contribution in [0.2, 0.25) is 0 Å². The summed E-state index contributed by atoms with van der Waals surface area (Å²) in [5.41, 5.74) is -2.68. The molecule has 0 aliphatic carbocycles. The monoisotopic (exact) mass is 274 g/mol. The molecule has 0 amide bonds. The quantitative estimate of drug-likeness (QED) is 0.824. The van der Waals surface area contributed by atoms with E-state index >= 15 is 0 Å². The Bertz CT molecular complexity index is 426. The van der Waals surface area contributed by atoms with E-state index in [-0.39, 0.29) is 17.5 Å². The molecule has 0 fully saturated rings. The highest BCUT2D eigenvalue weighted by molar-refractivity contribution is 8.00. The van der Waals surface area contributed by atoms with Crippen LogP contribution in [0.3, 0.4) is 0 Å². The molecule has 0 unspecified atom stereocenters. The average Bonchev–Trinajstić information content (AvgIpc) is 2.27. The van der Waals surface area contributed by atoms with Crippen LogP contribution in [0.1, 0.15) is 11.1 Å². The first-order valence-electron chi connectivity index (χ1n) is 5.29. The zero-order valence-electron chi connectivity index (χ0n) is 9.87. The van der Waals surface area contributed by atoms with Crippen molar-refractivity contribution in [1.82, 2.24) is 4.90 Å². The van der Waals surface area contributed by atoms with Crippen LogP contribution in [-0.2, 0) is 6.54 Å². The SMILES string of the molecule is CN(CCSC(F)(F)F)Cc1cccc(C#N)c1. The molecular formula is C12H13F3N2S. The fourth-order valence-electron chi connectivity index (χ4n) is 1.45. The molecule has 0 N–H and O–H groups in total. The molecule has 0 heterocycles. The number of rotatable bonds is 5.